The monoisotopic (exact) mass is 666 g/mol. The number of fused-ring (bicyclic) bond motifs is 6. The summed E-state index contributed by atoms with van der Waals surface area (Å²) in [5.41, 5.74) is 2.49. The quantitative estimate of drug-likeness (QED) is 0.175. The van der Waals surface area contributed by atoms with Gasteiger partial charge in [0.1, 0.15) is 23.7 Å². The van der Waals surface area contributed by atoms with Crippen molar-refractivity contribution in [3.05, 3.63) is 169 Å². The van der Waals surface area contributed by atoms with E-state index in [0.29, 0.717) is 0 Å². The average Bonchev–Trinajstić information content (AvgIpc) is 3.27. The predicted octanol–water partition coefficient (Wildman–Crippen LogP) is 7.24. The van der Waals surface area contributed by atoms with Gasteiger partial charge in [0, 0.05) is 35.0 Å². The van der Waals surface area contributed by atoms with Gasteiger partial charge in [-0.05, 0) is 48.2 Å². The van der Waals surface area contributed by atoms with Crippen molar-refractivity contribution in [1.82, 2.24) is 0 Å². The van der Waals surface area contributed by atoms with E-state index in [2.05, 4.69) is 158 Å². The standard InChI is InChI=1S/C42H36O2P2S/c1-5-17-35(18-6-1)45(36-19-7-2-8-20-36)39-25-13-15-31-27-34-30-47-29-33(43-41(31)39)28-32-16-14-26-40(42(32)44-34)46(37-21-9-3-10-22-37)38-23-11-4-12-24-38/h1-26,33-34H,27-30H2/t33-,34-/m0/s1. The van der Waals surface area contributed by atoms with Crippen LogP contribution < -0.4 is 41.3 Å². The number of rotatable bonds is 6. The predicted molar refractivity (Wildman–Crippen MR) is 204 cm³/mol. The molecule has 232 valence electrons. The summed E-state index contributed by atoms with van der Waals surface area (Å²) in [4.78, 5) is 0. The van der Waals surface area contributed by atoms with E-state index in [1.165, 1.54) is 43.0 Å². The van der Waals surface area contributed by atoms with Gasteiger partial charge in [0.15, 0.2) is 0 Å². The van der Waals surface area contributed by atoms with Crippen LogP contribution >= 0.6 is 27.6 Å². The lowest BCUT2D eigenvalue weighted by molar-refractivity contribution is 0.201. The molecule has 0 N–H and O–H groups in total. The molecule has 0 radical (unpaired) electrons. The Morgan fingerprint density at radius 3 is 1.09 bits per heavy atom. The van der Waals surface area contributed by atoms with Crippen molar-refractivity contribution in [2.24, 2.45) is 0 Å². The Balaban J connectivity index is 1.24. The second kappa shape index (κ2) is 14.1. The molecule has 0 fully saturated rings. The molecule has 0 spiro atoms. The van der Waals surface area contributed by atoms with Crippen LogP contribution in [0, 0.1) is 0 Å². The first kappa shape index (κ1) is 30.5. The first-order chi connectivity index (χ1) is 23.3. The van der Waals surface area contributed by atoms with Crippen LogP contribution in [-0.2, 0) is 12.8 Å². The molecule has 6 aromatic carbocycles. The number of para-hydroxylation sites is 2. The molecule has 2 aliphatic heterocycles. The molecule has 2 bridgehead atoms. The zero-order chi connectivity index (χ0) is 31.4. The Morgan fingerprint density at radius 2 is 0.745 bits per heavy atom. The van der Waals surface area contributed by atoms with Crippen molar-refractivity contribution in [2.75, 3.05) is 11.5 Å². The van der Waals surface area contributed by atoms with E-state index in [1.54, 1.807) is 0 Å². The van der Waals surface area contributed by atoms with Gasteiger partial charge in [-0.3, -0.25) is 0 Å². The second-order valence-corrected chi connectivity index (χ2v) is 17.4. The third kappa shape index (κ3) is 6.50. The van der Waals surface area contributed by atoms with E-state index < -0.39 is 15.8 Å². The summed E-state index contributed by atoms with van der Waals surface area (Å²) in [6.45, 7) is 0. The fourth-order valence-electron chi connectivity index (χ4n) is 6.68. The topological polar surface area (TPSA) is 18.5 Å². The summed E-state index contributed by atoms with van der Waals surface area (Å²) < 4.78 is 14.5. The minimum Gasteiger partial charge on any atom is -0.488 e. The molecule has 2 aliphatic rings. The Kier molecular flexibility index (Phi) is 9.13. The number of thioether (sulfide) groups is 1. The number of benzene rings is 6. The Labute approximate surface area is 284 Å². The van der Waals surface area contributed by atoms with Crippen LogP contribution in [0.4, 0.5) is 0 Å². The molecule has 2 heterocycles. The molecule has 8 rings (SSSR count). The Morgan fingerprint density at radius 1 is 0.404 bits per heavy atom. The van der Waals surface area contributed by atoms with Crippen LogP contribution in [0.1, 0.15) is 11.1 Å². The lowest BCUT2D eigenvalue weighted by Gasteiger charge is -2.30. The Hall–Kier alpha value is -3.87. The van der Waals surface area contributed by atoms with Gasteiger partial charge in [0.05, 0.1) is 0 Å². The van der Waals surface area contributed by atoms with Crippen molar-refractivity contribution in [3.8, 4) is 11.5 Å². The second-order valence-electron chi connectivity index (χ2n) is 12.0. The van der Waals surface area contributed by atoms with Gasteiger partial charge in [0.2, 0.25) is 0 Å². The van der Waals surface area contributed by atoms with Crippen LogP contribution in [-0.4, -0.2) is 23.7 Å². The molecule has 5 heteroatoms. The van der Waals surface area contributed by atoms with Crippen LogP contribution in [0.3, 0.4) is 0 Å². The summed E-state index contributed by atoms with van der Waals surface area (Å²) >= 11 is 1.96. The van der Waals surface area contributed by atoms with E-state index in [0.717, 1.165) is 35.8 Å². The van der Waals surface area contributed by atoms with Gasteiger partial charge in [0.25, 0.3) is 0 Å². The fraction of sp³-hybridized carbons (Fsp3) is 0.143. The van der Waals surface area contributed by atoms with Crippen molar-refractivity contribution in [1.29, 1.82) is 0 Å². The van der Waals surface area contributed by atoms with E-state index in [9.17, 15) is 0 Å². The zero-order valence-corrected chi connectivity index (χ0v) is 28.7. The molecule has 0 saturated carbocycles. The van der Waals surface area contributed by atoms with E-state index in [-0.39, 0.29) is 12.2 Å². The van der Waals surface area contributed by atoms with Crippen LogP contribution in [0.5, 0.6) is 11.5 Å². The summed E-state index contributed by atoms with van der Waals surface area (Å²) in [6.07, 6.45) is 1.66. The van der Waals surface area contributed by atoms with Gasteiger partial charge >= 0.3 is 0 Å². The van der Waals surface area contributed by atoms with Gasteiger partial charge in [-0.1, -0.05) is 158 Å². The molecule has 0 unspecified atom stereocenters. The molecule has 0 aliphatic carbocycles. The number of hydrogen-bond acceptors (Lipinski definition) is 3. The van der Waals surface area contributed by atoms with Gasteiger partial charge in [-0.25, -0.2) is 0 Å². The van der Waals surface area contributed by atoms with Crippen molar-refractivity contribution in [3.63, 3.8) is 0 Å². The lowest BCUT2D eigenvalue weighted by atomic mass is 10.0. The third-order valence-corrected chi connectivity index (χ3v) is 14.9. The van der Waals surface area contributed by atoms with E-state index in [4.69, 9.17) is 9.47 Å². The third-order valence-electron chi connectivity index (χ3n) is 8.76. The fourth-order valence-corrected chi connectivity index (χ4v) is 12.6. The molecule has 0 saturated heterocycles. The van der Waals surface area contributed by atoms with E-state index >= 15 is 0 Å². The summed E-state index contributed by atoms with van der Waals surface area (Å²) in [5, 5.41) is 7.92. The average molecular weight is 667 g/mol. The smallest absolute Gasteiger partial charge is 0.131 e. The molecule has 2 atom stereocenters. The normalized spacial score (nSPS) is 17.2. The largest absolute Gasteiger partial charge is 0.488 e. The summed E-state index contributed by atoms with van der Waals surface area (Å²) in [5.74, 6) is 3.97. The lowest BCUT2D eigenvalue weighted by Crippen LogP contribution is -2.31. The molecule has 2 nitrogen and oxygen atoms in total. The molecular formula is C42H36O2P2S. The van der Waals surface area contributed by atoms with Crippen molar-refractivity contribution in [2.45, 2.75) is 25.0 Å². The maximum Gasteiger partial charge on any atom is 0.131 e. The maximum atomic E-state index is 7.27. The first-order valence-electron chi connectivity index (χ1n) is 16.3. The summed E-state index contributed by atoms with van der Waals surface area (Å²) in [7, 11) is -1.60. The minimum atomic E-state index is -0.802. The minimum absolute atomic E-state index is 0.0254. The molecular weight excluding hydrogens is 630 g/mol. The molecule has 0 aromatic heterocycles. The Bertz CT molecular complexity index is 1720. The highest BCUT2D eigenvalue weighted by atomic mass is 32.2. The highest BCUT2D eigenvalue weighted by Crippen LogP contribution is 2.42. The first-order valence-corrected chi connectivity index (χ1v) is 20.1. The number of ether oxygens (including phenoxy) is 2. The van der Waals surface area contributed by atoms with Crippen molar-refractivity contribution < 1.29 is 9.47 Å². The maximum absolute atomic E-state index is 7.27. The van der Waals surface area contributed by atoms with Crippen molar-refractivity contribution >= 4 is 59.4 Å². The van der Waals surface area contributed by atoms with Crippen LogP contribution in [0.2, 0.25) is 0 Å². The summed E-state index contributed by atoms with van der Waals surface area (Å²) in [6, 6.07) is 57.4. The molecule has 6 aromatic rings. The molecule has 0 amide bonds. The van der Waals surface area contributed by atoms with Gasteiger partial charge in [-0.2, -0.15) is 11.8 Å². The highest BCUT2D eigenvalue weighted by Gasteiger charge is 2.32. The van der Waals surface area contributed by atoms with Crippen LogP contribution in [0.25, 0.3) is 0 Å². The van der Waals surface area contributed by atoms with Gasteiger partial charge in [-0.15, -0.1) is 0 Å². The van der Waals surface area contributed by atoms with Gasteiger partial charge < -0.3 is 9.47 Å². The molecule has 47 heavy (non-hydrogen) atoms. The van der Waals surface area contributed by atoms with Crippen LogP contribution in [0.15, 0.2) is 158 Å². The SMILES string of the molecule is c1ccc(P(c2ccccc2)c2cccc3c2O[C@@H]2CSC[C@H](C3)Oc3c(cccc3P(c3ccccc3)c3ccccc3)C2)cc1. The zero-order valence-electron chi connectivity index (χ0n) is 26.1. The highest BCUT2D eigenvalue weighted by molar-refractivity contribution is 7.99. The number of hydrogen-bond donors (Lipinski definition) is 0. The van der Waals surface area contributed by atoms with E-state index in [1.807, 2.05) is 11.8 Å².